The Kier molecular flexibility index (Phi) is 1.99. The van der Waals surface area contributed by atoms with Gasteiger partial charge in [-0.3, -0.25) is 14.5 Å². The molecule has 14 heavy (non-hydrogen) atoms. The number of hydrogen-bond donors (Lipinski definition) is 2. The van der Waals surface area contributed by atoms with Gasteiger partial charge in [0, 0.05) is 12.2 Å². The van der Waals surface area contributed by atoms with Gasteiger partial charge in [-0.1, -0.05) is 0 Å². The smallest absolute Gasteiger partial charge is 0.265 e. The van der Waals surface area contributed by atoms with E-state index in [-0.39, 0.29) is 5.56 Å². The van der Waals surface area contributed by atoms with Crippen molar-refractivity contribution in [2.24, 2.45) is 0 Å². The van der Waals surface area contributed by atoms with Crippen molar-refractivity contribution in [2.75, 3.05) is 0 Å². The molecular weight excluding hydrogens is 200 g/mol. The van der Waals surface area contributed by atoms with Gasteiger partial charge in [0.1, 0.15) is 5.39 Å². The van der Waals surface area contributed by atoms with E-state index in [0.29, 0.717) is 22.3 Å². The molecule has 2 aromatic heterocycles. The third-order valence-corrected chi connectivity index (χ3v) is 2.52. The van der Waals surface area contributed by atoms with Gasteiger partial charge in [0.25, 0.3) is 5.56 Å². The molecule has 2 heterocycles. The molecule has 0 saturated carbocycles. The highest BCUT2D eigenvalue weighted by Crippen LogP contribution is 2.06. The molecule has 0 unspecified atom stereocenters. The Balaban J connectivity index is 3.05. The van der Waals surface area contributed by atoms with Crippen molar-refractivity contribution in [2.45, 2.75) is 20.4 Å². The van der Waals surface area contributed by atoms with E-state index in [1.54, 1.807) is 0 Å². The van der Waals surface area contributed by atoms with Crippen molar-refractivity contribution in [1.82, 2.24) is 19.7 Å². The second-order valence-corrected chi connectivity index (χ2v) is 3.44. The Bertz CT molecular complexity index is 591. The van der Waals surface area contributed by atoms with Gasteiger partial charge in [0.15, 0.2) is 10.4 Å². The van der Waals surface area contributed by atoms with Crippen LogP contribution in [0, 0.1) is 11.7 Å². The number of hydrogen-bond acceptors (Lipinski definition) is 3. The van der Waals surface area contributed by atoms with Crippen molar-refractivity contribution in [3.8, 4) is 0 Å². The van der Waals surface area contributed by atoms with Crippen LogP contribution in [0.4, 0.5) is 0 Å². The van der Waals surface area contributed by atoms with Gasteiger partial charge >= 0.3 is 0 Å². The second kappa shape index (κ2) is 3.06. The average molecular weight is 210 g/mol. The molecule has 2 aromatic rings. The summed E-state index contributed by atoms with van der Waals surface area (Å²) in [7, 11) is 0. The maximum absolute atomic E-state index is 11.9. The van der Waals surface area contributed by atoms with Crippen LogP contribution in [-0.2, 0) is 6.54 Å². The maximum Gasteiger partial charge on any atom is 0.265 e. The topological polar surface area (TPSA) is 66.5 Å². The molecule has 0 atom stereocenters. The minimum absolute atomic E-state index is 0.0856. The van der Waals surface area contributed by atoms with E-state index in [9.17, 15) is 4.79 Å². The van der Waals surface area contributed by atoms with Crippen molar-refractivity contribution in [3.05, 3.63) is 20.8 Å². The SMILES string of the molecule is CCn1c(=S)[nH]c2n[nH]c(C)c2c1=O. The van der Waals surface area contributed by atoms with E-state index in [1.807, 2.05) is 13.8 Å². The molecule has 0 fully saturated rings. The number of nitrogens with zero attached hydrogens (tertiary/aromatic N) is 2. The van der Waals surface area contributed by atoms with Crippen molar-refractivity contribution in [3.63, 3.8) is 0 Å². The summed E-state index contributed by atoms with van der Waals surface area (Å²) in [4.78, 5) is 14.8. The summed E-state index contributed by atoms with van der Waals surface area (Å²) in [6.45, 7) is 4.26. The van der Waals surface area contributed by atoms with Gasteiger partial charge in [-0.05, 0) is 26.1 Å². The lowest BCUT2D eigenvalue weighted by atomic mass is 10.3. The van der Waals surface area contributed by atoms with Gasteiger partial charge in [-0.2, -0.15) is 5.10 Å². The van der Waals surface area contributed by atoms with Gasteiger partial charge in [0.2, 0.25) is 0 Å². The van der Waals surface area contributed by atoms with E-state index in [2.05, 4.69) is 15.2 Å². The zero-order valence-corrected chi connectivity index (χ0v) is 8.73. The molecular formula is C8H10N4OS. The van der Waals surface area contributed by atoms with E-state index in [1.165, 1.54) is 4.57 Å². The van der Waals surface area contributed by atoms with Gasteiger partial charge in [-0.15, -0.1) is 0 Å². The summed E-state index contributed by atoms with van der Waals surface area (Å²) in [5.74, 6) is 0. The molecule has 0 radical (unpaired) electrons. The molecule has 5 nitrogen and oxygen atoms in total. The normalized spacial score (nSPS) is 11.0. The molecule has 0 bridgehead atoms. The fraction of sp³-hybridized carbons (Fsp3) is 0.375. The fourth-order valence-corrected chi connectivity index (χ4v) is 1.77. The third kappa shape index (κ3) is 1.11. The molecule has 74 valence electrons. The number of aromatic nitrogens is 4. The molecule has 2 rings (SSSR count). The molecule has 0 aliphatic rings. The van der Waals surface area contributed by atoms with Crippen LogP contribution in [0.2, 0.25) is 0 Å². The predicted molar refractivity (Wildman–Crippen MR) is 55.9 cm³/mol. The summed E-state index contributed by atoms with van der Waals surface area (Å²) in [5.41, 5.74) is 1.21. The van der Waals surface area contributed by atoms with Crippen LogP contribution in [0.25, 0.3) is 11.0 Å². The average Bonchev–Trinajstić information content (AvgIpc) is 2.48. The Labute approximate surface area is 84.8 Å². The first-order chi connectivity index (χ1) is 6.65. The highest BCUT2D eigenvalue weighted by molar-refractivity contribution is 7.71. The minimum Gasteiger partial charge on any atom is -0.315 e. The van der Waals surface area contributed by atoms with Crippen molar-refractivity contribution >= 4 is 23.3 Å². The lowest BCUT2D eigenvalue weighted by Gasteiger charge is -2.01. The first-order valence-electron chi connectivity index (χ1n) is 4.33. The monoisotopic (exact) mass is 210 g/mol. The van der Waals surface area contributed by atoms with E-state index in [0.717, 1.165) is 5.69 Å². The lowest BCUT2D eigenvalue weighted by molar-refractivity contribution is 0.704. The largest absolute Gasteiger partial charge is 0.315 e. The van der Waals surface area contributed by atoms with Crippen LogP contribution < -0.4 is 5.56 Å². The van der Waals surface area contributed by atoms with Crippen LogP contribution in [0.15, 0.2) is 4.79 Å². The maximum atomic E-state index is 11.9. The van der Waals surface area contributed by atoms with Crippen molar-refractivity contribution < 1.29 is 0 Å². The van der Waals surface area contributed by atoms with Crippen LogP contribution in [-0.4, -0.2) is 19.7 Å². The molecule has 0 amide bonds. The Morgan fingerprint density at radius 2 is 2.29 bits per heavy atom. The van der Waals surface area contributed by atoms with Gasteiger partial charge in [0.05, 0.1) is 0 Å². The number of rotatable bonds is 1. The highest BCUT2D eigenvalue weighted by Gasteiger charge is 2.09. The first-order valence-corrected chi connectivity index (χ1v) is 4.73. The number of aromatic amines is 2. The quantitative estimate of drug-likeness (QED) is 0.693. The van der Waals surface area contributed by atoms with E-state index >= 15 is 0 Å². The number of H-pyrrole nitrogens is 2. The molecule has 2 N–H and O–H groups in total. The number of fused-ring (bicyclic) bond motifs is 1. The molecule has 0 aliphatic heterocycles. The van der Waals surface area contributed by atoms with Gasteiger partial charge in [-0.25, -0.2) is 0 Å². The second-order valence-electron chi connectivity index (χ2n) is 3.05. The molecule has 6 heteroatoms. The van der Waals surface area contributed by atoms with Crippen LogP contribution in [0.1, 0.15) is 12.6 Å². The summed E-state index contributed by atoms with van der Waals surface area (Å²) < 4.78 is 1.93. The molecule has 0 aromatic carbocycles. The number of nitrogens with one attached hydrogen (secondary N) is 2. The zero-order chi connectivity index (χ0) is 10.3. The first kappa shape index (κ1) is 9.14. The molecule has 0 aliphatic carbocycles. The Hall–Kier alpha value is -1.43. The Morgan fingerprint density at radius 1 is 1.57 bits per heavy atom. The van der Waals surface area contributed by atoms with Crippen LogP contribution in [0.3, 0.4) is 0 Å². The third-order valence-electron chi connectivity index (χ3n) is 2.19. The fourth-order valence-electron chi connectivity index (χ4n) is 1.46. The molecule has 0 saturated heterocycles. The standard InChI is InChI=1S/C8H10N4OS/c1-3-12-7(13)5-4(2)10-11-6(5)9-8(12)14/h3H2,1-2H3,(H2,9,10,11,14). The number of aryl methyl sites for hydroxylation is 1. The summed E-state index contributed by atoms with van der Waals surface area (Å²) in [6, 6.07) is 0. The Morgan fingerprint density at radius 3 is 2.93 bits per heavy atom. The van der Waals surface area contributed by atoms with E-state index < -0.39 is 0 Å². The lowest BCUT2D eigenvalue weighted by Crippen LogP contribution is -2.21. The highest BCUT2D eigenvalue weighted by atomic mass is 32.1. The van der Waals surface area contributed by atoms with E-state index in [4.69, 9.17) is 12.2 Å². The van der Waals surface area contributed by atoms with Crippen molar-refractivity contribution in [1.29, 1.82) is 0 Å². The van der Waals surface area contributed by atoms with Crippen LogP contribution >= 0.6 is 12.2 Å². The zero-order valence-electron chi connectivity index (χ0n) is 7.92. The van der Waals surface area contributed by atoms with Crippen LogP contribution in [0.5, 0.6) is 0 Å². The van der Waals surface area contributed by atoms with Gasteiger partial charge < -0.3 is 4.98 Å². The predicted octanol–water partition coefficient (Wildman–Crippen LogP) is 1.11. The summed E-state index contributed by atoms with van der Waals surface area (Å²) in [6.07, 6.45) is 0. The summed E-state index contributed by atoms with van der Waals surface area (Å²) in [5, 5.41) is 7.29. The molecule has 0 spiro atoms. The minimum atomic E-state index is -0.0856. The summed E-state index contributed by atoms with van der Waals surface area (Å²) >= 11 is 5.03.